The molecule has 1 N–H and O–H groups in total. The predicted octanol–water partition coefficient (Wildman–Crippen LogP) is 3.82. The second-order valence-corrected chi connectivity index (χ2v) is 7.05. The first kappa shape index (κ1) is 18.2. The Labute approximate surface area is 168 Å². The molecule has 3 aromatic rings. The summed E-state index contributed by atoms with van der Waals surface area (Å²) in [6.45, 7) is 0. The first-order valence-electron chi connectivity index (χ1n) is 7.46. The van der Waals surface area contributed by atoms with E-state index < -0.39 is 16.2 Å². The second kappa shape index (κ2) is 6.94. The van der Waals surface area contributed by atoms with Crippen LogP contribution in [0.15, 0.2) is 71.6 Å². The normalized spacial score (nSPS) is 16.0. The van der Waals surface area contributed by atoms with Crippen LogP contribution < -0.4 is 4.74 Å². The first-order chi connectivity index (χ1) is 11.5. The van der Waals surface area contributed by atoms with Crippen molar-refractivity contribution in [1.29, 1.82) is 0 Å². The third kappa shape index (κ3) is 3.38. The largest absolute Gasteiger partial charge is 0.480 e. The van der Waals surface area contributed by atoms with Crippen molar-refractivity contribution in [3.8, 4) is 5.75 Å². The molecule has 6 heteroatoms. The van der Waals surface area contributed by atoms with Crippen molar-refractivity contribution in [3.05, 3.63) is 82.8 Å². The molecule has 0 amide bonds. The Balaban J connectivity index is 0.00000182. The van der Waals surface area contributed by atoms with E-state index in [2.05, 4.69) is 0 Å². The molecule has 121 valence electrons. The van der Waals surface area contributed by atoms with Crippen molar-refractivity contribution in [3.63, 3.8) is 0 Å². The fourth-order valence-corrected chi connectivity index (χ4v) is 3.81. The van der Waals surface area contributed by atoms with E-state index in [0.717, 1.165) is 21.9 Å². The molecule has 0 spiro atoms. The molecule has 25 heavy (non-hydrogen) atoms. The van der Waals surface area contributed by atoms with Gasteiger partial charge in [-0.15, -0.1) is 0 Å². The summed E-state index contributed by atoms with van der Waals surface area (Å²) in [5, 5.41) is 1.94. The van der Waals surface area contributed by atoms with Gasteiger partial charge in [0.05, 0.1) is 0 Å². The van der Waals surface area contributed by atoms with Gasteiger partial charge in [-0.2, -0.15) is 8.42 Å². The van der Waals surface area contributed by atoms with E-state index >= 15 is 0 Å². The molecule has 0 bridgehead atoms. The molecule has 1 aliphatic carbocycles. The van der Waals surface area contributed by atoms with Crippen molar-refractivity contribution >= 4 is 56.5 Å². The van der Waals surface area contributed by atoms with Crippen LogP contribution in [0.25, 0.3) is 16.8 Å². The molecule has 1 radical (unpaired) electrons. The number of hydrogen-bond donors (Lipinski definition) is 1. The Bertz CT molecular complexity index is 1050. The second-order valence-electron chi connectivity index (χ2n) is 5.63. The molecular weight excluding hydrogens is 347 g/mol. The van der Waals surface area contributed by atoms with Gasteiger partial charge in [-0.1, -0.05) is 54.6 Å². The van der Waals surface area contributed by atoms with Crippen molar-refractivity contribution in [1.82, 2.24) is 0 Å². The molecule has 3 aromatic carbocycles. The molecule has 1 aliphatic rings. The molecule has 1 atom stereocenters. The topological polar surface area (TPSA) is 63.6 Å². The Morgan fingerprint density at radius 1 is 0.880 bits per heavy atom. The molecule has 0 heterocycles. The Kier molecular flexibility index (Phi) is 5.04. The van der Waals surface area contributed by atoms with Crippen LogP contribution in [0.1, 0.15) is 17.2 Å². The van der Waals surface area contributed by atoms with Crippen molar-refractivity contribution in [2.75, 3.05) is 0 Å². The van der Waals surface area contributed by atoms with E-state index in [1.165, 1.54) is 6.08 Å². The summed E-state index contributed by atoms with van der Waals surface area (Å²) < 4.78 is 39.5. The van der Waals surface area contributed by atoms with Gasteiger partial charge in [0.2, 0.25) is 0 Å². The van der Waals surface area contributed by atoms with Crippen molar-refractivity contribution in [2.45, 2.75) is 6.10 Å². The number of para-hydroxylation sites is 1. The number of ether oxygens (including phenoxy) is 1. The van der Waals surface area contributed by atoms with Crippen LogP contribution in [0.5, 0.6) is 5.75 Å². The van der Waals surface area contributed by atoms with E-state index in [4.69, 9.17) is 4.74 Å². The third-order valence-corrected chi connectivity index (χ3v) is 5.03. The van der Waals surface area contributed by atoms with Crippen LogP contribution >= 0.6 is 0 Å². The van der Waals surface area contributed by atoms with Gasteiger partial charge < -0.3 is 4.74 Å². The van der Waals surface area contributed by atoms with E-state index in [-0.39, 0.29) is 34.5 Å². The minimum atomic E-state index is -4.40. The molecule has 1 unspecified atom stereocenters. The summed E-state index contributed by atoms with van der Waals surface area (Å²) in [6.07, 6.45) is 0.596. The summed E-state index contributed by atoms with van der Waals surface area (Å²) >= 11 is 0. The van der Waals surface area contributed by atoms with Crippen molar-refractivity contribution < 1.29 is 17.7 Å². The average molecular weight is 361 g/mol. The zero-order chi connectivity index (χ0) is 16.7. The maximum atomic E-state index is 11.9. The third-order valence-electron chi connectivity index (χ3n) is 4.10. The fourth-order valence-electron chi connectivity index (χ4n) is 3.09. The SMILES string of the molecule is O=S(=O)(O)C1=Cc2cccc3cccc(c23)C1Oc1ccccc1.[Na]. The minimum absolute atomic E-state index is 0. The quantitative estimate of drug-likeness (QED) is 0.569. The fraction of sp³-hybridized carbons (Fsp3) is 0.0526. The number of hydrogen-bond acceptors (Lipinski definition) is 3. The Hall–Kier alpha value is -1.63. The van der Waals surface area contributed by atoms with Crippen LogP contribution in [0.3, 0.4) is 0 Å². The van der Waals surface area contributed by atoms with Gasteiger partial charge in [0.15, 0.2) is 6.10 Å². The van der Waals surface area contributed by atoms with Crippen molar-refractivity contribution in [2.24, 2.45) is 0 Å². The molecule has 0 aliphatic heterocycles. The van der Waals surface area contributed by atoms with Crippen LogP contribution in [-0.4, -0.2) is 42.5 Å². The maximum absolute atomic E-state index is 11.9. The average Bonchev–Trinajstić information content (AvgIpc) is 2.57. The molecule has 0 saturated heterocycles. The molecule has 4 rings (SSSR count). The van der Waals surface area contributed by atoms with Gasteiger partial charge in [-0.05, 0) is 34.5 Å². The van der Waals surface area contributed by atoms with Crippen LogP contribution in [0.2, 0.25) is 0 Å². The van der Waals surface area contributed by atoms with Gasteiger partial charge in [0.1, 0.15) is 10.7 Å². The standard InChI is InChI=1S/C19H14O4S.Na/c20-24(21,22)17-12-14-8-4-6-13-7-5-11-16(18(13)14)19(17)23-15-9-2-1-3-10-15;/h1-12,19H,(H,20,21,22);. The predicted molar refractivity (Wildman–Crippen MR) is 99.0 cm³/mol. The van der Waals surface area contributed by atoms with Gasteiger partial charge in [0.25, 0.3) is 10.1 Å². The van der Waals surface area contributed by atoms with Gasteiger partial charge in [0, 0.05) is 35.1 Å². The van der Waals surface area contributed by atoms with Crippen LogP contribution in [-0.2, 0) is 10.1 Å². The molecule has 0 fully saturated rings. The summed E-state index contributed by atoms with van der Waals surface area (Å²) in [5.74, 6) is 0.536. The summed E-state index contributed by atoms with van der Waals surface area (Å²) in [5.41, 5.74) is 1.48. The van der Waals surface area contributed by atoms with Gasteiger partial charge in [-0.25, -0.2) is 0 Å². The van der Waals surface area contributed by atoms with E-state index in [1.54, 1.807) is 12.1 Å². The zero-order valence-electron chi connectivity index (χ0n) is 13.6. The van der Waals surface area contributed by atoms with E-state index in [1.807, 2.05) is 54.6 Å². The van der Waals surface area contributed by atoms with E-state index in [9.17, 15) is 13.0 Å². The van der Waals surface area contributed by atoms with Crippen LogP contribution in [0, 0.1) is 0 Å². The minimum Gasteiger partial charge on any atom is -0.480 e. The molecule has 0 aromatic heterocycles. The maximum Gasteiger partial charge on any atom is 0.294 e. The zero-order valence-corrected chi connectivity index (χ0v) is 16.4. The van der Waals surface area contributed by atoms with Crippen LogP contribution in [0.4, 0.5) is 0 Å². The molecular formula is C19H14NaO4S. The Morgan fingerprint density at radius 3 is 2.24 bits per heavy atom. The monoisotopic (exact) mass is 361 g/mol. The Morgan fingerprint density at radius 2 is 1.56 bits per heavy atom. The van der Waals surface area contributed by atoms with Gasteiger partial charge in [-0.3, -0.25) is 4.55 Å². The number of rotatable bonds is 3. The smallest absolute Gasteiger partial charge is 0.294 e. The van der Waals surface area contributed by atoms with Gasteiger partial charge >= 0.3 is 0 Å². The molecule has 0 saturated carbocycles. The summed E-state index contributed by atoms with van der Waals surface area (Å²) in [6, 6.07) is 20.3. The molecule has 4 nitrogen and oxygen atoms in total. The summed E-state index contributed by atoms with van der Waals surface area (Å²) in [4.78, 5) is -0.155. The van der Waals surface area contributed by atoms with E-state index in [0.29, 0.717) is 5.75 Å². The number of benzene rings is 3. The summed E-state index contributed by atoms with van der Waals surface area (Å²) in [7, 11) is -4.40. The first-order valence-corrected chi connectivity index (χ1v) is 8.90.